The predicted molar refractivity (Wildman–Crippen MR) is 82.1 cm³/mol. The molecule has 3 nitrogen and oxygen atoms in total. The summed E-state index contributed by atoms with van der Waals surface area (Å²) in [6.45, 7) is 6.93. The van der Waals surface area contributed by atoms with Crippen LogP contribution in [0, 0.1) is 6.92 Å². The van der Waals surface area contributed by atoms with E-state index in [2.05, 4.69) is 28.0 Å². The van der Waals surface area contributed by atoms with Crippen LogP contribution < -0.4 is 0 Å². The number of carbonyl (C=O) groups excluding carboxylic acids is 1. The molecule has 0 saturated heterocycles. The van der Waals surface area contributed by atoms with E-state index in [0.717, 1.165) is 38.6 Å². The van der Waals surface area contributed by atoms with Gasteiger partial charge in [0.2, 0.25) is 0 Å². The Morgan fingerprint density at radius 3 is 2.68 bits per heavy atom. The van der Waals surface area contributed by atoms with Crippen LogP contribution in [0.2, 0.25) is 0 Å². The molecule has 0 bridgehead atoms. The Morgan fingerprint density at radius 1 is 1.42 bits per heavy atom. The fourth-order valence-electron chi connectivity index (χ4n) is 1.95. The number of halogens is 1. The first-order chi connectivity index (χ1) is 9.05. The van der Waals surface area contributed by atoms with Crippen LogP contribution in [0.3, 0.4) is 0 Å². The quantitative estimate of drug-likeness (QED) is 0.770. The largest absolute Gasteiger partial charge is 0.293 e. The molecule has 5 heteroatoms. The van der Waals surface area contributed by atoms with Crippen LogP contribution in [0.15, 0.2) is 15.9 Å². The molecule has 0 radical (unpaired) electrons. The Balaban J connectivity index is 2.20. The summed E-state index contributed by atoms with van der Waals surface area (Å²) in [4.78, 5) is 13.1. The van der Waals surface area contributed by atoms with Crippen molar-refractivity contribution in [3.63, 3.8) is 0 Å². The van der Waals surface area contributed by atoms with Crippen LogP contribution >= 0.6 is 27.3 Å². The molecule has 102 valence electrons. The highest BCUT2D eigenvalue weighted by Gasteiger charge is 2.15. The molecule has 19 heavy (non-hydrogen) atoms. The number of rotatable bonds is 5. The number of carbonyl (C=O) groups is 1. The Bertz CT molecular complexity index is 581. The van der Waals surface area contributed by atoms with Gasteiger partial charge in [-0.15, -0.1) is 11.3 Å². The highest BCUT2D eigenvalue weighted by molar-refractivity contribution is 9.11. The zero-order chi connectivity index (χ0) is 14.0. The predicted octanol–water partition coefficient (Wildman–Crippen LogP) is 4.02. The lowest BCUT2D eigenvalue weighted by molar-refractivity contribution is 0.0994. The van der Waals surface area contributed by atoms with Crippen molar-refractivity contribution in [2.24, 2.45) is 0 Å². The van der Waals surface area contributed by atoms with E-state index in [1.165, 1.54) is 11.3 Å². The first-order valence-electron chi connectivity index (χ1n) is 6.39. The lowest BCUT2D eigenvalue weighted by atomic mass is 10.1. The number of thiophene rings is 1. The van der Waals surface area contributed by atoms with E-state index in [9.17, 15) is 4.79 Å². The van der Waals surface area contributed by atoms with Crippen molar-refractivity contribution in [2.75, 3.05) is 0 Å². The van der Waals surface area contributed by atoms with Crippen molar-refractivity contribution in [1.82, 2.24) is 9.78 Å². The van der Waals surface area contributed by atoms with Crippen LogP contribution in [0.5, 0.6) is 0 Å². The van der Waals surface area contributed by atoms with Gasteiger partial charge >= 0.3 is 0 Å². The normalized spacial score (nSPS) is 10.9. The minimum atomic E-state index is 0.163. The van der Waals surface area contributed by atoms with Gasteiger partial charge in [0.25, 0.3) is 0 Å². The van der Waals surface area contributed by atoms with E-state index in [0.29, 0.717) is 6.42 Å². The van der Waals surface area contributed by atoms with E-state index in [1.54, 1.807) is 0 Å². The molecule has 0 saturated carbocycles. The molecule has 0 spiro atoms. The number of Topliss-reactive ketones (excluding diaryl/α,β-unsaturated/α-hetero) is 1. The molecule has 2 aromatic heterocycles. The zero-order valence-electron chi connectivity index (χ0n) is 11.4. The number of ketones is 1. The van der Waals surface area contributed by atoms with Gasteiger partial charge < -0.3 is 0 Å². The van der Waals surface area contributed by atoms with Gasteiger partial charge in [-0.1, -0.05) is 6.92 Å². The van der Waals surface area contributed by atoms with Crippen molar-refractivity contribution in [3.8, 4) is 0 Å². The van der Waals surface area contributed by atoms with Crippen molar-refractivity contribution in [1.29, 1.82) is 0 Å². The third kappa shape index (κ3) is 3.15. The molecular weight excluding hydrogens is 324 g/mol. The Kier molecular flexibility index (Phi) is 4.58. The molecule has 2 heterocycles. The first-order valence-corrected chi connectivity index (χ1v) is 8.00. The molecule has 0 fully saturated rings. The number of aromatic nitrogens is 2. The molecule has 2 rings (SSSR count). The molecule has 0 aliphatic heterocycles. The maximum Gasteiger partial charge on any atom is 0.178 e. The minimum absolute atomic E-state index is 0.163. The summed E-state index contributed by atoms with van der Waals surface area (Å²) in [6, 6.07) is 3.99. The summed E-state index contributed by atoms with van der Waals surface area (Å²) >= 11 is 4.97. The Morgan fingerprint density at radius 2 is 2.16 bits per heavy atom. The smallest absolute Gasteiger partial charge is 0.178 e. The second kappa shape index (κ2) is 6.01. The monoisotopic (exact) mass is 340 g/mol. The summed E-state index contributed by atoms with van der Waals surface area (Å²) in [7, 11) is 0. The fraction of sp³-hybridized carbons (Fsp3) is 0.429. The van der Waals surface area contributed by atoms with Crippen LogP contribution in [-0.4, -0.2) is 15.6 Å². The second-order valence-corrected chi connectivity index (χ2v) is 6.83. The van der Waals surface area contributed by atoms with Gasteiger partial charge in [0.05, 0.1) is 20.8 Å². The third-order valence-corrected chi connectivity index (χ3v) is 5.23. The highest BCUT2D eigenvalue weighted by Crippen LogP contribution is 2.28. The van der Waals surface area contributed by atoms with Gasteiger partial charge in [0, 0.05) is 12.2 Å². The maximum absolute atomic E-state index is 12.3. The average Bonchev–Trinajstić information content (AvgIpc) is 2.93. The summed E-state index contributed by atoms with van der Waals surface area (Å²) in [6.07, 6.45) is 1.32. The Hall–Kier alpha value is -0.940. The van der Waals surface area contributed by atoms with E-state index in [-0.39, 0.29) is 5.78 Å². The van der Waals surface area contributed by atoms with E-state index in [1.807, 2.05) is 30.7 Å². The van der Waals surface area contributed by atoms with Gasteiger partial charge in [-0.05, 0) is 53.9 Å². The van der Waals surface area contributed by atoms with Crippen molar-refractivity contribution in [2.45, 2.75) is 40.2 Å². The topological polar surface area (TPSA) is 34.9 Å². The highest BCUT2D eigenvalue weighted by atomic mass is 79.9. The third-order valence-electron chi connectivity index (χ3n) is 3.05. The average molecular weight is 341 g/mol. The number of nitrogens with zero attached hydrogens (tertiary/aromatic N) is 2. The molecule has 0 N–H and O–H groups in total. The molecule has 0 amide bonds. The molecule has 0 aliphatic carbocycles. The van der Waals surface area contributed by atoms with Gasteiger partial charge in [-0.3, -0.25) is 9.48 Å². The van der Waals surface area contributed by atoms with Crippen LogP contribution in [-0.2, 0) is 19.4 Å². The molecule has 0 unspecified atom stereocenters. The van der Waals surface area contributed by atoms with Crippen molar-refractivity contribution >= 4 is 33.0 Å². The van der Waals surface area contributed by atoms with E-state index in [4.69, 9.17) is 0 Å². The Labute approximate surface area is 125 Å². The SMILES string of the molecule is CCc1cc(CC(=O)c2cc(C)c(Br)s2)n(CC)n1. The minimum Gasteiger partial charge on any atom is -0.293 e. The molecule has 0 atom stereocenters. The summed E-state index contributed by atoms with van der Waals surface area (Å²) in [5.41, 5.74) is 3.17. The molecule has 2 aromatic rings. The summed E-state index contributed by atoms with van der Waals surface area (Å²) in [5, 5.41) is 4.48. The summed E-state index contributed by atoms with van der Waals surface area (Å²) < 4.78 is 2.96. The fourth-order valence-corrected chi connectivity index (χ4v) is 3.43. The second-order valence-electron chi connectivity index (χ2n) is 4.46. The van der Waals surface area contributed by atoms with Gasteiger partial charge in [-0.2, -0.15) is 5.10 Å². The molecule has 0 aliphatic rings. The van der Waals surface area contributed by atoms with Crippen molar-refractivity contribution < 1.29 is 4.79 Å². The number of hydrogen-bond acceptors (Lipinski definition) is 3. The zero-order valence-corrected chi connectivity index (χ0v) is 13.8. The van der Waals surface area contributed by atoms with E-state index >= 15 is 0 Å². The molecule has 0 aromatic carbocycles. The van der Waals surface area contributed by atoms with Crippen LogP contribution in [0.1, 0.15) is 40.5 Å². The maximum atomic E-state index is 12.3. The number of aryl methyl sites for hydroxylation is 3. The van der Waals surface area contributed by atoms with Crippen LogP contribution in [0.25, 0.3) is 0 Å². The van der Waals surface area contributed by atoms with E-state index < -0.39 is 0 Å². The first kappa shape index (κ1) is 14.5. The van der Waals surface area contributed by atoms with Crippen molar-refractivity contribution in [3.05, 3.63) is 37.7 Å². The lowest BCUT2D eigenvalue weighted by Gasteiger charge is -2.02. The standard InChI is InChI=1S/C14H17BrN2OS/c1-4-10-7-11(17(5-2)16-10)8-12(18)13-6-9(3)14(15)19-13/h6-7H,4-5,8H2,1-3H3. The van der Waals surface area contributed by atoms with Gasteiger partial charge in [-0.25, -0.2) is 0 Å². The number of hydrogen-bond donors (Lipinski definition) is 0. The lowest BCUT2D eigenvalue weighted by Crippen LogP contribution is -2.08. The van der Waals surface area contributed by atoms with Crippen LogP contribution in [0.4, 0.5) is 0 Å². The summed E-state index contributed by atoms with van der Waals surface area (Å²) in [5.74, 6) is 0.163. The van der Waals surface area contributed by atoms with Gasteiger partial charge in [0.1, 0.15) is 0 Å². The van der Waals surface area contributed by atoms with Gasteiger partial charge in [0.15, 0.2) is 5.78 Å². The molecular formula is C14H17BrN2OS.